The van der Waals surface area contributed by atoms with Crippen molar-refractivity contribution in [3.8, 4) is 0 Å². The fourth-order valence-corrected chi connectivity index (χ4v) is 2.74. The van der Waals surface area contributed by atoms with Gasteiger partial charge < -0.3 is 5.32 Å². The van der Waals surface area contributed by atoms with Gasteiger partial charge in [-0.05, 0) is 18.3 Å². The van der Waals surface area contributed by atoms with Crippen LogP contribution in [-0.4, -0.2) is 34.8 Å². The molecule has 4 nitrogen and oxygen atoms in total. The van der Waals surface area contributed by atoms with E-state index in [1.54, 1.807) is 0 Å². The zero-order valence-corrected chi connectivity index (χ0v) is 16.3. The molecule has 1 rings (SSSR count). The van der Waals surface area contributed by atoms with E-state index in [0.717, 1.165) is 30.8 Å². The van der Waals surface area contributed by atoms with E-state index >= 15 is 0 Å². The first-order valence-electron chi connectivity index (χ1n) is 8.63. The van der Waals surface area contributed by atoms with Gasteiger partial charge in [0.2, 0.25) is 11.8 Å². The topological polar surface area (TPSA) is 49.4 Å². The Morgan fingerprint density at radius 2 is 1.83 bits per heavy atom. The van der Waals surface area contributed by atoms with Crippen LogP contribution in [0.3, 0.4) is 0 Å². The molecule has 0 bridgehead atoms. The quantitative estimate of drug-likeness (QED) is 0.437. The van der Waals surface area contributed by atoms with Gasteiger partial charge in [0.15, 0.2) is 0 Å². The normalized spacial score (nSPS) is 19.4. The van der Waals surface area contributed by atoms with Gasteiger partial charge in [0, 0.05) is 24.9 Å². The lowest BCUT2D eigenvalue weighted by Gasteiger charge is -2.28. The lowest BCUT2D eigenvalue weighted by Crippen LogP contribution is -2.36. The molecule has 5 heteroatoms. The highest BCUT2D eigenvalue weighted by Gasteiger charge is 2.45. The van der Waals surface area contributed by atoms with Crippen LogP contribution >= 0.6 is 12.2 Å². The number of nitrogens with one attached hydrogen (secondary N) is 1. The Kier molecular flexibility index (Phi) is 6.75. The number of carbonyl (C=O) groups is 2. The predicted molar refractivity (Wildman–Crippen MR) is 98.2 cm³/mol. The number of likely N-dealkylation sites (tertiary alicyclic amines) is 1. The summed E-state index contributed by atoms with van der Waals surface area (Å²) in [5.41, 5.74) is -0.128. The maximum Gasteiger partial charge on any atom is 0.233 e. The van der Waals surface area contributed by atoms with E-state index < -0.39 is 0 Å². The van der Waals surface area contributed by atoms with E-state index in [1.165, 1.54) is 4.90 Å². The zero-order chi connectivity index (χ0) is 17.8. The first-order chi connectivity index (χ1) is 10.5. The fourth-order valence-electron chi connectivity index (χ4n) is 2.64. The molecule has 1 unspecified atom stereocenters. The Bertz CT molecular complexity index is 466. The molecule has 1 fully saturated rings. The molecule has 0 saturated carbocycles. The minimum atomic E-state index is -0.161. The second-order valence-electron chi connectivity index (χ2n) is 8.20. The van der Waals surface area contributed by atoms with E-state index in [9.17, 15) is 9.59 Å². The molecule has 1 aliphatic rings. The van der Waals surface area contributed by atoms with Crippen LogP contribution in [0.25, 0.3) is 0 Å². The first-order valence-corrected chi connectivity index (χ1v) is 9.04. The fraction of sp³-hybridized carbons (Fsp3) is 0.833. The summed E-state index contributed by atoms with van der Waals surface area (Å²) in [5.74, 6) is -0.161. The van der Waals surface area contributed by atoms with Crippen LogP contribution in [0.2, 0.25) is 0 Å². The lowest BCUT2D eigenvalue weighted by molar-refractivity contribution is -0.140. The van der Waals surface area contributed by atoms with Crippen LogP contribution in [0.4, 0.5) is 0 Å². The highest BCUT2D eigenvalue weighted by molar-refractivity contribution is 7.80. The second kappa shape index (κ2) is 7.73. The Labute approximate surface area is 146 Å². The van der Waals surface area contributed by atoms with Crippen molar-refractivity contribution in [3.63, 3.8) is 0 Å². The number of thiocarbonyl (C=S) groups is 1. The van der Waals surface area contributed by atoms with E-state index in [-0.39, 0.29) is 28.6 Å². The van der Waals surface area contributed by atoms with Crippen molar-refractivity contribution in [1.29, 1.82) is 0 Å². The third-order valence-corrected chi connectivity index (χ3v) is 5.63. The maximum absolute atomic E-state index is 12.5. The summed E-state index contributed by atoms with van der Waals surface area (Å²) in [6.07, 6.45) is 2.98. The second-order valence-corrected chi connectivity index (χ2v) is 8.60. The molecule has 1 atom stereocenters. The van der Waals surface area contributed by atoms with Crippen molar-refractivity contribution >= 4 is 29.0 Å². The minimum absolute atomic E-state index is 0.0139. The van der Waals surface area contributed by atoms with Crippen LogP contribution in [-0.2, 0) is 9.59 Å². The van der Waals surface area contributed by atoms with Crippen molar-refractivity contribution in [2.45, 2.75) is 67.2 Å². The van der Waals surface area contributed by atoms with Gasteiger partial charge in [-0.2, -0.15) is 0 Å². The molecule has 1 saturated heterocycles. The van der Waals surface area contributed by atoms with Crippen LogP contribution in [0.5, 0.6) is 0 Å². The van der Waals surface area contributed by atoms with Gasteiger partial charge in [-0.25, -0.2) is 0 Å². The summed E-state index contributed by atoms with van der Waals surface area (Å²) in [5, 5.41) is 3.26. The number of hydrogen-bond acceptors (Lipinski definition) is 3. The molecule has 1 heterocycles. The average Bonchev–Trinajstić information content (AvgIpc) is 2.73. The van der Waals surface area contributed by atoms with Crippen molar-refractivity contribution in [1.82, 2.24) is 10.2 Å². The van der Waals surface area contributed by atoms with Gasteiger partial charge in [-0.3, -0.25) is 14.5 Å². The van der Waals surface area contributed by atoms with E-state index in [2.05, 4.69) is 46.9 Å². The number of rotatable bonds is 7. The van der Waals surface area contributed by atoms with Crippen molar-refractivity contribution in [3.05, 3.63) is 0 Å². The molecular formula is C18H32N2O2S. The van der Waals surface area contributed by atoms with Gasteiger partial charge in [-0.15, -0.1) is 0 Å². The summed E-state index contributed by atoms with van der Waals surface area (Å²) < 4.78 is 0. The minimum Gasteiger partial charge on any atom is -0.379 e. The molecule has 0 aromatic rings. The van der Waals surface area contributed by atoms with E-state index in [0.29, 0.717) is 13.0 Å². The largest absolute Gasteiger partial charge is 0.379 e. The highest BCUT2D eigenvalue weighted by Crippen LogP contribution is 2.38. The van der Waals surface area contributed by atoms with Crippen molar-refractivity contribution in [2.75, 3.05) is 13.1 Å². The standard InChI is InChI=1S/C18H32N2O2S/c1-7-18(5,6)13-12-14(21)20(15(13)22)11-9-8-10-19-16(23)17(2,3)4/h13H,7-12H2,1-6H3,(H,19,23). The van der Waals surface area contributed by atoms with Crippen LogP contribution in [0.1, 0.15) is 67.2 Å². The third-order valence-electron chi connectivity index (χ3n) is 4.87. The number of carbonyl (C=O) groups excluding carboxylic acids is 2. The number of amides is 2. The average molecular weight is 341 g/mol. The van der Waals surface area contributed by atoms with Gasteiger partial charge >= 0.3 is 0 Å². The van der Waals surface area contributed by atoms with E-state index in [4.69, 9.17) is 12.2 Å². The number of unbranched alkanes of at least 4 members (excludes halogenated alkanes) is 1. The maximum atomic E-state index is 12.5. The smallest absolute Gasteiger partial charge is 0.233 e. The summed E-state index contributed by atoms with van der Waals surface area (Å²) in [7, 11) is 0. The Hall–Kier alpha value is -0.970. The van der Waals surface area contributed by atoms with Crippen LogP contribution < -0.4 is 5.32 Å². The zero-order valence-electron chi connectivity index (χ0n) is 15.5. The molecule has 132 valence electrons. The van der Waals surface area contributed by atoms with Gasteiger partial charge in [0.05, 0.1) is 10.9 Å². The van der Waals surface area contributed by atoms with Crippen LogP contribution in [0, 0.1) is 16.7 Å². The van der Waals surface area contributed by atoms with Crippen molar-refractivity contribution < 1.29 is 9.59 Å². The van der Waals surface area contributed by atoms with Crippen LogP contribution in [0.15, 0.2) is 0 Å². The third kappa shape index (κ3) is 5.27. The molecule has 0 aliphatic carbocycles. The number of nitrogens with zero attached hydrogens (tertiary/aromatic N) is 1. The SMILES string of the molecule is CCC(C)(C)C1CC(=O)N(CCCCNC(=S)C(C)(C)C)C1=O. The Balaban J connectivity index is 2.40. The summed E-state index contributed by atoms with van der Waals surface area (Å²) in [6, 6.07) is 0. The summed E-state index contributed by atoms with van der Waals surface area (Å²) >= 11 is 5.33. The van der Waals surface area contributed by atoms with Gasteiger partial charge in [-0.1, -0.05) is 60.2 Å². The molecule has 1 N–H and O–H groups in total. The summed E-state index contributed by atoms with van der Waals surface area (Å²) in [4.78, 5) is 26.9. The van der Waals surface area contributed by atoms with Crippen molar-refractivity contribution in [2.24, 2.45) is 16.7 Å². The van der Waals surface area contributed by atoms with E-state index in [1.807, 2.05) is 0 Å². The van der Waals surface area contributed by atoms with Gasteiger partial charge in [0.1, 0.15) is 0 Å². The highest BCUT2D eigenvalue weighted by atomic mass is 32.1. The Morgan fingerprint density at radius 3 is 2.35 bits per heavy atom. The molecule has 0 spiro atoms. The first kappa shape index (κ1) is 20.1. The Morgan fingerprint density at radius 1 is 1.22 bits per heavy atom. The summed E-state index contributed by atoms with van der Waals surface area (Å²) in [6.45, 7) is 13.8. The molecule has 2 amide bonds. The molecule has 1 aliphatic heterocycles. The molecule has 0 aromatic carbocycles. The monoisotopic (exact) mass is 340 g/mol. The molecule has 23 heavy (non-hydrogen) atoms. The number of hydrogen-bond donors (Lipinski definition) is 1. The van der Waals surface area contributed by atoms with Gasteiger partial charge in [0.25, 0.3) is 0 Å². The molecule has 0 aromatic heterocycles. The molecule has 0 radical (unpaired) electrons. The predicted octanol–water partition coefficient (Wildman–Crippen LogP) is 3.54. The molecular weight excluding hydrogens is 308 g/mol. The lowest BCUT2D eigenvalue weighted by atomic mass is 9.76. The number of imide groups is 1.